The molecule has 2 rings (SSSR count). The summed E-state index contributed by atoms with van der Waals surface area (Å²) in [4.78, 5) is 11.8. The highest BCUT2D eigenvalue weighted by molar-refractivity contribution is 5.67. The van der Waals surface area contributed by atoms with Crippen molar-refractivity contribution in [3.05, 3.63) is 71.3 Å². The zero-order chi connectivity index (χ0) is 19.0. The number of amides is 1. The minimum absolute atomic E-state index is 0.123. The number of carbonyl (C=O) groups is 1. The fourth-order valence-corrected chi connectivity index (χ4v) is 2.47. The summed E-state index contributed by atoms with van der Waals surface area (Å²) in [5.41, 5.74) is 0.715. The van der Waals surface area contributed by atoms with Gasteiger partial charge in [0.05, 0.1) is 5.56 Å². The molecule has 0 saturated carbocycles. The zero-order valence-corrected chi connectivity index (χ0v) is 14.0. The monoisotopic (exact) mass is 367 g/mol. The normalized spacial score (nSPS) is 12.5. The Bertz CT molecular complexity index is 687. The summed E-state index contributed by atoms with van der Waals surface area (Å²) in [6.45, 7) is 0.129. The first kappa shape index (κ1) is 19.8. The quantitative estimate of drug-likeness (QED) is 0.775. The van der Waals surface area contributed by atoms with Gasteiger partial charge in [-0.15, -0.1) is 0 Å². The predicted octanol–water partition coefficient (Wildman–Crippen LogP) is 4.10. The Hall–Kier alpha value is -2.54. The van der Waals surface area contributed by atoms with Crippen molar-refractivity contribution in [2.75, 3.05) is 13.2 Å². The van der Waals surface area contributed by atoms with Crippen LogP contribution < -0.4 is 5.32 Å². The van der Waals surface area contributed by atoms with Crippen LogP contribution in [0.15, 0.2) is 54.6 Å². The fourth-order valence-electron chi connectivity index (χ4n) is 2.47. The van der Waals surface area contributed by atoms with Gasteiger partial charge in [-0.2, -0.15) is 13.2 Å². The van der Waals surface area contributed by atoms with Gasteiger partial charge >= 0.3 is 12.3 Å². The molecule has 0 bridgehead atoms. The first-order valence-corrected chi connectivity index (χ1v) is 8.12. The lowest BCUT2D eigenvalue weighted by molar-refractivity contribution is -0.137. The molecule has 0 saturated heterocycles. The van der Waals surface area contributed by atoms with Gasteiger partial charge in [0.1, 0.15) is 6.61 Å². The van der Waals surface area contributed by atoms with Crippen molar-refractivity contribution < 1.29 is 27.8 Å². The number of rotatable bonds is 7. The molecule has 1 atom stereocenters. The third-order valence-electron chi connectivity index (χ3n) is 3.89. The fraction of sp³-hybridized carbons (Fsp3) is 0.316. The number of nitrogens with one attached hydrogen (secondary N) is 1. The molecular formula is C19H20F3NO3. The molecule has 0 radical (unpaired) electrons. The Balaban J connectivity index is 1.90. The summed E-state index contributed by atoms with van der Waals surface area (Å²) in [5.74, 6) is -0.313. The van der Waals surface area contributed by atoms with Crippen LogP contribution in [0.4, 0.5) is 18.0 Å². The number of ether oxygens (including phenoxy) is 1. The molecule has 0 fully saturated rings. The second-order valence-corrected chi connectivity index (χ2v) is 5.77. The number of hydrogen-bond acceptors (Lipinski definition) is 3. The molecule has 0 aliphatic rings. The van der Waals surface area contributed by atoms with Gasteiger partial charge in [0, 0.05) is 19.1 Å². The molecule has 0 spiro atoms. The summed E-state index contributed by atoms with van der Waals surface area (Å²) in [6.07, 6.45) is -4.71. The summed E-state index contributed by atoms with van der Waals surface area (Å²) in [6, 6.07) is 13.9. The van der Waals surface area contributed by atoms with Gasteiger partial charge in [0.25, 0.3) is 0 Å². The van der Waals surface area contributed by atoms with Crippen molar-refractivity contribution >= 4 is 6.09 Å². The highest BCUT2D eigenvalue weighted by atomic mass is 19.4. The van der Waals surface area contributed by atoms with Crippen LogP contribution in [0.2, 0.25) is 0 Å². The average Bonchev–Trinajstić information content (AvgIpc) is 2.63. The zero-order valence-electron chi connectivity index (χ0n) is 14.0. The lowest BCUT2D eigenvalue weighted by atomic mass is 9.95. The van der Waals surface area contributed by atoms with Crippen LogP contribution in [0.25, 0.3) is 0 Å². The molecule has 1 unspecified atom stereocenters. The van der Waals surface area contributed by atoms with Crippen LogP contribution in [0, 0.1) is 0 Å². The predicted molar refractivity (Wildman–Crippen MR) is 90.5 cm³/mol. The maximum Gasteiger partial charge on any atom is 0.416 e. The number of benzene rings is 2. The summed E-state index contributed by atoms with van der Waals surface area (Å²) in [7, 11) is 0. The lowest BCUT2D eigenvalue weighted by Gasteiger charge is -2.18. The number of alkyl halides is 3. The number of carbonyl (C=O) groups excluding carboxylic acids is 1. The Morgan fingerprint density at radius 1 is 1.08 bits per heavy atom. The summed E-state index contributed by atoms with van der Waals surface area (Å²) < 4.78 is 43.0. The Kier molecular flexibility index (Phi) is 7.03. The van der Waals surface area contributed by atoms with E-state index in [1.807, 2.05) is 30.3 Å². The molecule has 1 amide bonds. The molecule has 2 aromatic carbocycles. The van der Waals surface area contributed by atoms with Gasteiger partial charge in [0.2, 0.25) is 0 Å². The Morgan fingerprint density at radius 2 is 1.73 bits per heavy atom. The van der Waals surface area contributed by atoms with E-state index in [9.17, 15) is 23.1 Å². The van der Waals surface area contributed by atoms with Crippen LogP contribution in [-0.2, 0) is 17.5 Å². The number of alkyl carbamates (subject to hydrolysis) is 1. The van der Waals surface area contributed by atoms with Crippen LogP contribution in [0.5, 0.6) is 0 Å². The van der Waals surface area contributed by atoms with Gasteiger partial charge in [-0.25, -0.2) is 4.79 Å². The molecule has 0 aliphatic carbocycles. The van der Waals surface area contributed by atoms with Crippen molar-refractivity contribution in [1.82, 2.24) is 5.32 Å². The van der Waals surface area contributed by atoms with Gasteiger partial charge < -0.3 is 15.2 Å². The number of hydrogen-bond donors (Lipinski definition) is 2. The van der Waals surface area contributed by atoms with E-state index in [1.165, 1.54) is 12.1 Å². The topological polar surface area (TPSA) is 58.6 Å². The molecule has 4 nitrogen and oxygen atoms in total. The highest BCUT2D eigenvalue weighted by Gasteiger charge is 2.30. The van der Waals surface area contributed by atoms with Crippen LogP contribution in [0.1, 0.15) is 29.0 Å². The SMILES string of the molecule is O=C(NCC(CCO)c1ccc(C(F)(F)F)cc1)OCc1ccccc1. The van der Waals surface area contributed by atoms with E-state index in [0.717, 1.165) is 17.7 Å². The lowest BCUT2D eigenvalue weighted by Crippen LogP contribution is -2.29. The maximum absolute atomic E-state index is 12.6. The molecule has 0 aromatic heterocycles. The van der Waals surface area contributed by atoms with Gasteiger partial charge in [-0.3, -0.25) is 0 Å². The third-order valence-corrected chi connectivity index (χ3v) is 3.89. The van der Waals surface area contributed by atoms with Crippen LogP contribution >= 0.6 is 0 Å². The second-order valence-electron chi connectivity index (χ2n) is 5.77. The van der Waals surface area contributed by atoms with Gasteiger partial charge in [-0.1, -0.05) is 42.5 Å². The van der Waals surface area contributed by atoms with Gasteiger partial charge in [0.15, 0.2) is 0 Å². The average molecular weight is 367 g/mol. The molecule has 26 heavy (non-hydrogen) atoms. The molecule has 2 aromatic rings. The van der Waals surface area contributed by atoms with Crippen molar-refractivity contribution in [3.8, 4) is 0 Å². The van der Waals surface area contributed by atoms with E-state index >= 15 is 0 Å². The summed E-state index contributed by atoms with van der Waals surface area (Å²) >= 11 is 0. The number of aliphatic hydroxyl groups excluding tert-OH is 1. The van der Waals surface area contributed by atoms with E-state index < -0.39 is 17.8 Å². The molecule has 7 heteroatoms. The third kappa shape index (κ3) is 6.07. The molecule has 0 aliphatic heterocycles. The molecular weight excluding hydrogens is 347 g/mol. The minimum Gasteiger partial charge on any atom is -0.445 e. The smallest absolute Gasteiger partial charge is 0.416 e. The molecule has 140 valence electrons. The van der Waals surface area contributed by atoms with Crippen molar-refractivity contribution in [3.63, 3.8) is 0 Å². The largest absolute Gasteiger partial charge is 0.445 e. The van der Waals surface area contributed by atoms with Crippen LogP contribution in [0.3, 0.4) is 0 Å². The van der Waals surface area contributed by atoms with Crippen molar-refractivity contribution in [2.24, 2.45) is 0 Å². The van der Waals surface area contributed by atoms with E-state index in [0.29, 0.717) is 12.0 Å². The van der Waals surface area contributed by atoms with E-state index in [4.69, 9.17) is 4.74 Å². The Morgan fingerprint density at radius 3 is 2.31 bits per heavy atom. The molecule has 2 N–H and O–H groups in total. The van der Waals surface area contributed by atoms with E-state index in [-0.39, 0.29) is 25.7 Å². The number of aliphatic hydroxyl groups is 1. The first-order chi connectivity index (χ1) is 12.4. The number of halogens is 3. The van der Waals surface area contributed by atoms with Crippen molar-refractivity contribution in [2.45, 2.75) is 25.1 Å². The van der Waals surface area contributed by atoms with Gasteiger partial charge in [-0.05, 0) is 29.7 Å². The van der Waals surface area contributed by atoms with Crippen molar-refractivity contribution in [1.29, 1.82) is 0 Å². The standard InChI is InChI=1S/C19H20F3NO3/c20-19(21,22)17-8-6-15(7-9-17)16(10-11-24)12-23-18(25)26-13-14-4-2-1-3-5-14/h1-9,16,24H,10-13H2,(H,23,25). The highest BCUT2D eigenvalue weighted by Crippen LogP contribution is 2.30. The van der Waals surface area contributed by atoms with E-state index in [2.05, 4.69) is 5.32 Å². The molecule has 0 heterocycles. The van der Waals surface area contributed by atoms with E-state index in [1.54, 1.807) is 0 Å². The summed E-state index contributed by atoms with van der Waals surface area (Å²) in [5, 5.41) is 11.8. The minimum atomic E-state index is -4.40. The maximum atomic E-state index is 12.6. The second kappa shape index (κ2) is 9.24. The van der Waals surface area contributed by atoms with Crippen LogP contribution in [-0.4, -0.2) is 24.4 Å². The Labute approximate surface area is 149 Å². The first-order valence-electron chi connectivity index (χ1n) is 8.12.